The molecule has 1 aliphatic heterocycles. The van der Waals surface area contributed by atoms with E-state index in [9.17, 15) is 14.7 Å². The van der Waals surface area contributed by atoms with Crippen molar-refractivity contribution in [3.63, 3.8) is 0 Å². The number of carbonyl (C=O) groups excluding carboxylic acids is 2. The number of aliphatic hydroxyl groups is 1. The summed E-state index contributed by atoms with van der Waals surface area (Å²) in [4.78, 5) is 24.3. The number of ketones is 1. The molecule has 0 saturated heterocycles. The molecule has 0 radical (unpaired) electrons. The van der Waals surface area contributed by atoms with Crippen LogP contribution in [-0.2, 0) is 25.1 Å². The number of fused-ring (bicyclic) bond motifs is 1. The van der Waals surface area contributed by atoms with Gasteiger partial charge in [-0.1, -0.05) is 12.1 Å². The van der Waals surface area contributed by atoms with Crippen LogP contribution < -0.4 is 4.74 Å². The van der Waals surface area contributed by atoms with E-state index in [4.69, 9.17) is 18.4 Å². The molecule has 136 valence electrons. The van der Waals surface area contributed by atoms with Gasteiger partial charge in [0.1, 0.15) is 25.1 Å². The lowest BCUT2D eigenvalue weighted by atomic mass is 10.0. The minimum absolute atomic E-state index is 0.0315. The molecule has 0 aliphatic carbocycles. The highest BCUT2D eigenvalue weighted by Crippen LogP contribution is 2.28. The molecule has 1 aliphatic rings. The fraction of sp³-hybridized carbons (Fsp3) is 0.375. The Bertz CT molecular complexity index is 662. The second kappa shape index (κ2) is 10.00. The first-order valence-corrected chi connectivity index (χ1v) is 10.7. The Morgan fingerprint density at radius 3 is 2.96 bits per heavy atom. The highest BCUT2D eigenvalue weighted by Gasteiger charge is 2.25. The van der Waals surface area contributed by atoms with Crippen molar-refractivity contribution in [2.75, 3.05) is 19.8 Å². The van der Waals surface area contributed by atoms with Gasteiger partial charge in [0.25, 0.3) is 0 Å². The second-order valence-electron chi connectivity index (χ2n) is 4.98. The Hall–Kier alpha value is -1.30. The van der Waals surface area contributed by atoms with Crippen LogP contribution in [0, 0.1) is 0 Å². The molecule has 0 saturated carbocycles. The normalized spacial score (nSPS) is 14.7. The summed E-state index contributed by atoms with van der Waals surface area (Å²) in [5.41, 5.74) is 0.893. The Morgan fingerprint density at radius 2 is 2.24 bits per heavy atom. The van der Waals surface area contributed by atoms with E-state index >= 15 is 0 Å². The molecule has 9 heteroatoms. The zero-order valence-corrected chi connectivity index (χ0v) is 16.4. The van der Waals surface area contributed by atoms with Crippen LogP contribution in [0.3, 0.4) is 0 Å². The van der Waals surface area contributed by atoms with Gasteiger partial charge in [0, 0.05) is 32.8 Å². The highest BCUT2D eigenvalue weighted by atomic mass is 127. The zero-order chi connectivity index (χ0) is 18.2. The molecule has 1 N–H and O–H groups in total. The number of halogens is 1. The van der Waals surface area contributed by atoms with Crippen LogP contribution in [0.5, 0.6) is 5.75 Å². The molecule has 1 unspecified atom stereocenters. The standard InChI is InChI=1S/C16H17IO7S/c1-2-21-16(20)14-6-12(19)15-10(7-22-14)4-3-5-13(15)23-8-11(18)9-24-25-17/h3-6,11,18H,2,7-9H2,1H3. The summed E-state index contributed by atoms with van der Waals surface area (Å²) in [5, 5.41) is 9.79. The van der Waals surface area contributed by atoms with Gasteiger partial charge in [0.2, 0.25) is 5.76 Å². The average Bonchev–Trinajstić information content (AvgIpc) is 2.78. The lowest BCUT2D eigenvalue weighted by Crippen LogP contribution is -2.22. The fourth-order valence-electron chi connectivity index (χ4n) is 2.14. The molecular formula is C16H17IO7S. The number of aliphatic hydroxyl groups excluding tert-OH is 1. The van der Waals surface area contributed by atoms with Crippen molar-refractivity contribution in [2.45, 2.75) is 19.6 Å². The first-order valence-electron chi connectivity index (χ1n) is 7.45. The summed E-state index contributed by atoms with van der Waals surface area (Å²) < 4.78 is 20.8. The van der Waals surface area contributed by atoms with Crippen molar-refractivity contribution in [1.82, 2.24) is 0 Å². The van der Waals surface area contributed by atoms with Crippen LogP contribution in [0.25, 0.3) is 0 Å². The number of ether oxygens (including phenoxy) is 3. The molecule has 0 fully saturated rings. The molecule has 25 heavy (non-hydrogen) atoms. The van der Waals surface area contributed by atoms with Crippen molar-refractivity contribution < 1.29 is 33.1 Å². The number of esters is 1. The van der Waals surface area contributed by atoms with E-state index in [1.807, 2.05) is 21.2 Å². The maximum Gasteiger partial charge on any atom is 0.373 e. The first-order chi connectivity index (χ1) is 12.1. The smallest absolute Gasteiger partial charge is 0.373 e. The van der Waals surface area contributed by atoms with E-state index in [0.717, 1.165) is 15.3 Å². The van der Waals surface area contributed by atoms with Gasteiger partial charge in [-0.15, -0.1) is 0 Å². The SMILES string of the molecule is CCOC(=O)C1=CC(=O)c2c(cccc2OCC(O)COSI)CO1. The number of hydrogen-bond acceptors (Lipinski definition) is 8. The fourth-order valence-corrected chi connectivity index (χ4v) is 2.79. The van der Waals surface area contributed by atoms with E-state index in [-0.39, 0.29) is 32.2 Å². The van der Waals surface area contributed by atoms with Crippen LogP contribution in [0.2, 0.25) is 0 Å². The lowest BCUT2D eigenvalue weighted by Gasteiger charge is -2.15. The molecule has 0 spiro atoms. The number of rotatable bonds is 8. The molecule has 1 atom stereocenters. The Morgan fingerprint density at radius 1 is 1.44 bits per heavy atom. The van der Waals surface area contributed by atoms with Gasteiger partial charge in [-0.05, 0) is 13.0 Å². The summed E-state index contributed by atoms with van der Waals surface area (Å²) in [7, 11) is 1.12. The Labute approximate surface area is 161 Å². The van der Waals surface area contributed by atoms with Crippen LogP contribution >= 0.6 is 30.4 Å². The molecule has 1 heterocycles. The van der Waals surface area contributed by atoms with Gasteiger partial charge in [-0.3, -0.25) is 4.79 Å². The summed E-state index contributed by atoms with van der Waals surface area (Å²) in [5.74, 6) is -0.926. The second-order valence-corrected chi connectivity index (χ2v) is 6.43. The lowest BCUT2D eigenvalue weighted by molar-refractivity contribution is -0.142. The highest BCUT2D eigenvalue weighted by molar-refractivity contribution is 14.2. The average molecular weight is 480 g/mol. The minimum atomic E-state index is -0.833. The third-order valence-electron chi connectivity index (χ3n) is 3.22. The van der Waals surface area contributed by atoms with Crippen molar-refractivity contribution in [3.8, 4) is 5.75 Å². The molecule has 1 aromatic carbocycles. The summed E-state index contributed by atoms with van der Waals surface area (Å²) in [6.45, 7) is 1.97. The van der Waals surface area contributed by atoms with E-state index < -0.39 is 17.9 Å². The maximum atomic E-state index is 12.5. The van der Waals surface area contributed by atoms with Crippen LogP contribution in [0.1, 0.15) is 22.8 Å². The molecular weight excluding hydrogens is 463 g/mol. The first kappa shape index (κ1) is 20.0. The van der Waals surface area contributed by atoms with Crippen LogP contribution in [0.15, 0.2) is 30.0 Å². The summed E-state index contributed by atoms with van der Waals surface area (Å²) in [6.07, 6.45) is 0.268. The number of benzene rings is 1. The molecule has 1 aromatic rings. The zero-order valence-electron chi connectivity index (χ0n) is 13.4. The van der Waals surface area contributed by atoms with Gasteiger partial charge < -0.3 is 23.5 Å². The van der Waals surface area contributed by atoms with Gasteiger partial charge in [-0.2, -0.15) is 0 Å². The topological polar surface area (TPSA) is 91.3 Å². The third kappa shape index (κ3) is 5.59. The predicted molar refractivity (Wildman–Crippen MR) is 99.3 cm³/mol. The van der Waals surface area contributed by atoms with Crippen molar-refractivity contribution in [3.05, 3.63) is 41.2 Å². The number of allylic oxidation sites excluding steroid dienone is 1. The van der Waals surface area contributed by atoms with E-state index in [0.29, 0.717) is 16.9 Å². The molecule has 7 nitrogen and oxygen atoms in total. The van der Waals surface area contributed by atoms with Gasteiger partial charge in [-0.25, -0.2) is 4.79 Å². The van der Waals surface area contributed by atoms with Gasteiger partial charge >= 0.3 is 5.97 Å². The van der Waals surface area contributed by atoms with Crippen molar-refractivity contribution in [2.24, 2.45) is 0 Å². The number of hydrogen-bond donors (Lipinski definition) is 1. The van der Waals surface area contributed by atoms with E-state index in [2.05, 4.69) is 0 Å². The summed E-state index contributed by atoms with van der Waals surface area (Å²) in [6, 6.07) is 5.05. The molecule has 0 aromatic heterocycles. The largest absolute Gasteiger partial charge is 0.490 e. The van der Waals surface area contributed by atoms with E-state index in [1.54, 1.807) is 25.1 Å². The molecule has 0 bridgehead atoms. The molecule has 2 rings (SSSR count). The van der Waals surface area contributed by atoms with Crippen LogP contribution in [-0.4, -0.2) is 42.8 Å². The van der Waals surface area contributed by atoms with E-state index in [1.165, 1.54) is 0 Å². The van der Waals surface area contributed by atoms with Crippen molar-refractivity contribution >= 4 is 42.2 Å². The Kier molecular flexibility index (Phi) is 8.00. The van der Waals surface area contributed by atoms with Crippen LogP contribution in [0.4, 0.5) is 0 Å². The Balaban J connectivity index is 2.17. The monoisotopic (exact) mass is 480 g/mol. The molecule has 0 amide bonds. The quantitative estimate of drug-likeness (QED) is 0.345. The maximum absolute atomic E-state index is 12.5. The minimum Gasteiger partial charge on any atom is -0.490 e. The van der Waals surface area contributed by atoms with Crippen molar-refractivity contribution in [1.29, 1.82) is 0 Å². The number of carbonyl (C=O) groups is 2. The summed E-state index contributed by atoms with van der Waals surface area (Å²) >= 11 is 1.95. The third-order valence-corrected chi connectivity index (χ3v) is 4.21. The van der Waals surface area contributed by atoms with Gasteiger partial charge in [0.15, 0.2) is 5.78 Å². The predicted octanol–water partition coefficient (Wildman–Crippen LogP) is 2.60. The van der Waals surface area contributed by atoms with Gasteiger partial charge in [0.05, 0.1) is 28.0 Å².